The zero-order valence-corrected chi connectivity index (χ0v) is 22.2. The first-order valence-electron chi connectivity index (χ1n) is 12.3. The number of carbonyl (C=O) groups excluding carboxylic acids is 3. The number of amides is 3. The number of carbonyl (C=O) groups is 3. The third-order valence-electron chi connectivity index (χ3n) is 7.75. The van der Waals surface area contributed by atoms with Crippen molar-refractivity contribution in [3.05, 3.63) is 25.3 Å². The molecule has 2 bridgehead atoms. The molecular weight excluding hydrogens is 450 g/mol. The first kappa shape index (κ1) is 26.8. The van der Waals surface area contributed by atoms with Crippen LogP contribution in [0.3, 0.4) is 0 Å². The van der Waals surface area contributed by atoms with E-state index in [1.165, 1.54) is 0 Å². The molecular formula is C26H41N3O4S. The van der Waals surface area contributed by atoms with Crippen molar-refractivity contribution in [2.45, 2.75) is 74.5 Å². The van der Waals surface area contributed by atoms with Crippen molar-refractivity contribution in [2.75, 3.05) is 33.3 Å². The maximum absolute atomic E-state index is 14.2. The summed E-state index contributed by atoms with van der Waals surface area (Å²) < 4.78 is -1.00. The molecule has 1 spiro atoms. The molecule has 3 aliphatic heterocycles. The van der Waals surface area contributed by atoms with Crippen LogP contribution in [0.4, 0.5) is 0 Å². The summed E-state index contributed by atoms with van der Waals surface area (Å²) in [5.41, 5.74) is -0.440. The molecule has 0 aromatic carbocycles. The van der Waals surface area contributed by atoms with Gasteiger partial charge in [-0.25, -0.2) is 0 Å². The lowest BCUT2D eigenvalue weighted by molar-refractivity contribution is -0.146. The van der Waals surface area contributed by atoms with Gasteiger partial charge in [0.2, 0.25) is 17.7 Å². The normalized spacial score (nSPS) is 32.0. The van der Waals surface area contributed by atoms with E-state index in [2.05, 4.69) is 20.1 Å². The number of likely N-dealkylation sites (tertiary alicyclic amines) is 1. The fraction of sp³-hybridized carbons (Fsp3) is 0.731. The number of thioether (sulfide) groups is 1. The summed E-state index contributed by atoms with van der Waals surface area (Å²) in [7, 11) is 1.75. The molecule has 3 fully saturated rings. The van der Waals surface area contributed by atoms with Crippen LogP contribution in [0.1, 0.15) is 53.4 Å². The Morgan fingerprint density at radius 3 is 2.38 bits per heavy atom. The van der Waals surface area contributed by atoms with Crippen LogP contribution < -0.4 is 0 Å². The fourth-order valence-corrected chi connectivity index (χ4v) is 8.55. The van der Waals surface area contributed by atoms with Gasteiger partial charge < -0.3 is 19.8 Å². The molecule has 7 nitrogen and oxygen atoms in total. The summed E-state index contributed by atoms with van der Waals surface area (Å²) in [4.78, 5) is 47.0. The number of aliphatic hydroxyl groups is 1. The van der Waals surface area contributed by atoms with Crippen LogP contribution in [0, 0.1) is 11.8 Å². The maximum Gasteiger partial charge on any atom is 0.247 e. The monoisotopic (exact) mass is 491 g/mol. The predicted octanol–water partition coefficient (Wildman–Crippen LogP) is 2.70. The average molecular weight is 492 g/mol. The topological polar surface area (TPSA) is 81.2 Å². The molecule has 0 aromatic rings. The second-order valence-corrected chi connectivity index (χ2v) is 13.0. The number of aliphatic hydroxyl groups excluding tert-OH is 1. The summed E-state index contributed by atoms with van der Waals surface area (Å²) in [5, 5.41) is 9.32. The van der Waals surface area contributed by atoms with Crippen LogP contribution in [0.15, 0.2) is 25.3 Å². The van der Waals surface area contributed by atoms with Crippen LogP contribution in [-0.4, -0.2) is 91.9 Å². The van der Waals surface area contributed by atoms with Gasteiger partial charge >= 0.3 is 0 Å². The Morgan fingerprint density at radius 2 is 1.82 bits per heavy atom. The number of likely N-dealkylation sites (N-methyl/N-ethyl adjacent to an activating group) is 1. The number of hydrogen-bond acceptors (Lipinski definition) is 5. The van der Waals surface area contributed by atoms with E-state index in [1.807, 2.05) is 25.7 Å². The van der Waals surface area contributed by atoms with Crippen molar-refractivity contribution in [1.82, 2.24) is 14.7 Å². The fourth-order valence-electron chi connectivity index (χ4n) is 6.21. The van der Waals surface area contributed by atoms with Crippen LogP contribution in [-0.2, 0) is 14.4 Å². The third-order valence-corrected chi connectivity index (χ3v) is 9.74. The van der Waals surface area contributed by atoms with Crippen LogP contribution in [0.2, 0.25) is 0 Å². The smallest absolute Gasteiger partial charge is 0.247 e. The van der Waals surface area contributed by atoms with Gasteiger partial charge in [-0.2, -0.15) is 0 Å². The number of rotatable bonds is 10. The number of fused-ring (bicyclic) bond motifs is 1. The molecule has 0 aliphatic carbocycles. The van der Waals surface area contributed by atoms with Crippen molar-refractivity contribution in [3.63, 3.8) is 0 Å². The standard InChI is InChI=1S/C26H41N3O4S/c1-8-14-27(7)21(31)18-19-22(32)28(16-10-11-17-30)20(26(19)13-12-25(18,6)34-26)23(33)29(15-9-2)24(3,4)5/h8-9,18-20,30H,1-2,10-17H2,3-7H3/t18-,19+,20?,25+,26?/m1/s1. The Morgan fingerprint density at radius 1 is 1.18 bits per heavy atom. The SMILES string of the molecule is C=CCN(C)C(=O)[C@H]1[C@H]2C(=O)N(CCCCO)C(C(=O)N(CC=C)C(C)(C)C)C23CC[C@]1(C)S3. The highest BCUT2D eigenvalue weighted by Crippen LogP contribution is 2.71. The molecule has 3 amide bonds. The van der Waals surface area contributed by atoms with Crippen LogP contribution >= 0.6 is 11.8 Å². The minimum absolute atomic E-state index is 0.0417. The van der Waals surface area contributed by atoms with Crippen molar-refractivity contribution < 1.29 is 19.5 Å². The minimum atomic E-state index is -0.628. The maximum atomic E-state index is 14.2. The molecule has 5 atom stereocenters. The largest absolute Gasteiger partial charge is 0.396 e. The second kappa shape index (κ2) is 9.69. The van der Waals surface area contributed by atoms with E-state index in [0.29, 0.717) is 32.5 Å². The van der Waals surface area contributed by atoms with E-state index in [1.54, 1.807) is 40.8 Å². The summed E-state index contributed by atoms with van der Waals surface area (Å²) in [5.74, 6) is -1.20. The lowest BCUT2D eigenvalue weighted by atomic mass is 9.66. The lowest BCUT2D eigenvalue weighted by Crippen LogP contribution is -2.58. The van der Waals surface area contributed by atoms with E-state index in [9.17, 15) is 19.5 Å². The molecule has 34 heavy (non-hydrogen) atoms. The van der Waals surface area contributed by atoms with Gasteiger partial charge in [0, 0.05) is 43.6 Å². The van der Waals surface area contributed by atoms with Gasteiger partial charge in [0.1, 0.15) is 6.04 Å². The van der Waals surface area contributed by atoms with Crippen molar-refractivity contribution in [2.24, 2.45) is 11.8 Å². The highest BCUT2D eigenvalue weighted by atomic mass is 32.2. The first-order valence-corrected chi connectivity index (χ1v) is 13.1. The molecule has 190 valence electrons. The van der Waals surface area contributed by atoms with Crippen molar-refractivity contribution >= 4 is 29.5 Å². The minimum Gasteiger partial charge on any atom is -0.396 e. The lowest BCUT2D eigenvalue weighted by Gasteiger charge is -2.42. The van der Waals surface area contributed by atoms with Gasteiger partial charge in [-0.15, -0.1) is 24.9 Å². The number of nitrogens with zero attached hydrogens (tertiary/aromatic N) is 3. The Hall–Kier alpha value is -1.80. The Kier molecular flexibility index (Phi) is 7.63. The van der Waals surface area contributed by atoms with Gasteiger partial charge in [-0.05, 0) is 53.4 Å². The second-order valence-electron chi connectivity index (χ2n) is 11.1. The average Bonchev–Trinajstić information content (AvgIpc) is 3.32. The molecule has 0 aromatic heterocycles. The third kappa shape index (κ3) is 4.21. The molecule has 3 aliphatic rings. The number of hydrogen-bond donors (Lipinski definition) is 1. The first-order chi connectivity index (χ1) is 15.9. The van der Waals surface area contributed by atoms with E-state index in [-0.39, 0.29) is 29.1 Å². The van der Waals surface area contributed by atoms with Gasteiger partial charge in [0.15, 0.2) is 0 Å². The van der Waals surface area contributed by atoms with Gasteiger partial charge in [0.05, 0.1) is 16.6 Å². The van der Waals surface area contributed by atoms with E-state index in [4.69, 9.17) is 0 Å². The van der Waals surface area contributed by atoms with Gasteiger partial charge in [-0.3, -0.25) is 14.4 Å². The zero-order chi connectivity index (χ0) is 25.5. The zero-order valence-electron chi connectivity index (χ0n) is 21.4. The molecule has 0 radical (unpaired) electrons. The summed E-state index contributed by atoms with van der Waals surface area (Å²) >= 11 is 1.69. The van der Waals surface area contributed by atoms with E-state index in [0.717, 1.165) is 12.8 Å². The highest BCUT2D eigenvalue weighted by Gasteiger charge is 2.77. The molecule has 3 heterocycles. The molecule has 2 unspecified atom stereocenters. The predicted molar refractivity (Wildman–Crippen MR) is 136 cm³/mol. The summed E-state index contributed by atoms with van der Waals surface area (Å²) in [6.07, 6.45) is 6.12. The molecule has 1 N–H and O–H groups in total. The molecule has 8 heteroatoms. The summed E-state index contributed by atoms with van der Waals surface area (Å²) in [6, 6.07) is -0.628. The van der Waals surface area contributed by atoms with E-state index >= 15 is 0 Å². The van der Waals surface area contributed by atoms with Gasteiger partial charge in [0.25, 0.3) is 0 Å². The van der Waals surface area contributed by atoms with Gasteiger partial charge in [-0.1, -0.05) is 12.2 Å². The molecule has 0 saturated carbocycles. The van der Waals surface area contributed by atoms with Crippen LogP contribution in [0.25, 0.3) is 0 Å². The number of unbranched alkanes of at least 4 members (excludes halogenated alkanes) is 1. The Balaban J connectivity index is 2.08. The molecule has 3 rings (SSSR count). The Bertz CT molecular complexity index is 855. The quantitative estimate of drug-likeness (QED) is 0.375. The Labute approximate surface area is 208 Å². The van der Waals surface area contributed by atoms with Crippen LogP contribution in [0.5, 0.6) is 0 Å². The van der Waals surface area contributed by atoms with E-state index < -0.39 is 28.2 Å². The van der Waals surface area contributed by atoms with Crippen molar-refractivity contribution in [1.29, 1.82) is 0 Å². The molecule has 3 saturated heterocycles. The highest BCUT2D eigenvalue weighted by molar-refractivity contribution is 8.02. The van der Waals surface area contributed by atoms with Crippen molar-refractivity contribution in [3.8, 4) is 0 Å². The summed E-state index contributed by atoms with van der Waals surface area (Å²) in [6.45, 7) is 16.9.